The van der Waals surface area contributed by atoms with Crippen LogP contribution in [0.2, 0.25) is 0 Å². The predicted molar refractivity (Wildman–Crippen MR) is 78.8 cm³/mol. The van der Waals surface area contributed by atoms with Gasteiger partial charge in [-0.1, -0.05) is 6.07 Å². The summed E-state index contributed by atoms with van der Waals surface area (Å²) in [6.07, 6.45) is 1.15. The fourth-order valence-corrected chi connectivity index (χ4v) is 2.27. The Morgan fingerprint density at radius 3 is 2.26 bits per heavy atom. The van der Waals surface area contributed by atoms with Crippen molar-refractivity contribution in [2.45, 2.75) is 32.2 Å². The van der Waals surface area contributed by atoms with Crippen molar-refractivity contribution in [2.24, 2.45) is 5.73 Å². The molecule has 1 aliphatic rings. The first kappa shape index (κ1) is 16.0. The lowest BCUT2D eigenvalue weighted by Crippen LogP contribution is -2.54. The number of nitrogens with one attached hydrogen (secondary N) is 1. The van der Waals surface area contributed by atoms with Crippen LogP contribution < -0.4 is 11.1 Å². The number of benzene rings is 1. The van der Waals surface area contributed by atoms with Gasteiger partial charge in [-0.2, -0.15) is 0 Å². The number of carbonyl (C=O) groups is 1. The molecule has 0 aromatic heterocycles. The number of carbonyl (C=O) groups excluding carboxylic acids is 1. The number of hydrogen-bond acceptors (Lipinski definition) is 3. The van der Waals surface area contributed by atoms with Gasteiger partial charge in [0.25, 0.3) is 0 Å². The molecule has 0 bridgehead atoms. The summed E-state index contributed by atoms with van der Waals surface area (Å²) in [6.45, 7) is 5.12. The molecule has 0 radical (unpaired) electrons. The van der Waals surface area contributed by atoms with Gasteiger partial charge in [0.1, 0.15) is 5.54 Å². The maximum absolute atomic E-state index is 12.2. The van der Waals surface area contributed by atoms with Crippen LogP contribution >= 0.6 is 12.4 Å². The van der Waals surface area contributed by atoms with Gasteiger partial charge in [-0.25, -0.2) is 0 Å². The smallest absolute Gasteiger partial charge is 0.244 e. The second-order valence-corrected chi connectivity index (χ2v) is 5.10. The minimum absolute atomic E-state index is 0. The first-order chi connectivity index (χ1) is 8.49. The molecule has 0 saturated carbocycles. The molecule has 19 heavy (non-hydrogen) atoms. The minimum Gasteiger partial charge on any atom is -0.381 e. The van der Waals surface area contributed by atoms with Gasteiger partial charge in [0.05, 0.1) is 0 Å². The Kier molecular flexibility index (Phi) is 5.35. The predicted octanol–water partition coefficient (Wildman–Crippen LogP) is 2.17. The Hall–Kier alpha value is -1.10. The lowest BCUT2D eigenvalue weighted by atomic mass is 9.90. The SMILES string of the molecule is Cc1cc(C)cc(NC(=O)C2(N)CCOCC2)c1.Cl. The average molecular weight is 285 g/mol. The van der Waals surface area contributed by atoms with E-state index in [9.17, 15) is 4.79 Å². The Balaban J connectivity index is 0.00000180. The molecule has 1 amide bonds. The van der Waals surface area contributed by atoms with Crippen molar-refractivity contribution in [3.8, 4) is 0 Å². The highest BCUT2D eigenvalue weighted by Crippen LogP contribution is 2.21. The second kappa shape index (κ2) is 6.37. The van der Waals surface area contributed by atoms with Gasteiger partial charge in [-0.15, -0.1) is 12.4 Å². The third kappa shape index (κ3) is 3.93. The molecule has 106 valence electrons. The van der Waals surface area contributed by atoms with Crippen LogP contribution in [0.5, 0.6) is 0 Å². The molecule has 2 rings (SSSR count). The molecule has 1 fully saturated rings. The molecule has 0 unspecified atom stereocenters. The van der Waals surface area contributed by atoms with E-state index in [2.05, 4.69) is 11.4 Å². The number of hydrogen-bond donors (Lipinski definition) is 2. The van der Waals surface area contributed by atoms with E-state index in [-0.39, 0.29) is 18.3 Å². The van der Waals surface area contributed by atoms with Gasteiger partial charge in [0.2, 0.25) is 5.91 Å². The molecule has 0 spiro atoms. The Bertz CT molecular complexity index is 437. The lowest BCUT2D eigenvalue weighted by molar-refractivity contribution is -0.124. The Morgan fingerprint density at radius 2 is 1.74 bits per heavy atom. The number of nitrogens with two attached hydrogens (primary N) is 1. The summed E-state index contributed by atoms with van der Waals surface area (Å²) >= 11 is 0. The van der Waals surface area contributed by atoms with Crippen molar-refractivity contribution in [1.29, 1.82) is 0 Å². The van der Waals surface area contributed by atoms with Crippen LogP contribution in [0.1, 0.15) is 24.0 Å². The first-order valence-electron chi connectivity index (χ1n) is 6.26. The summed E-state index contributed by atoms with van der Waals surface area (Å²) in [5.41, 5.74) is 8.41. The van der Waals surface area contributed by atoms with Crippen LogP contribution in [-0.2, 0) is 9.53 Å². The molecule has 0 atom stereocenters. The highest BCUT2D eigenvalue weighted by Gasteiger charge is 2.35. The molecular weight excluding hydrogens is 264 g/mol. The average Bonchev–Trinajstić information content (AvgIpc) is 2.28. The number of rotatable bonds is 2. The van der Waals surface area contributed by atoms with Crippen molar-refractivity contribution in [3.63, 3.8) is 0 Å². The molecular formula is C14H21ClN2O2. The summed E-state index contributed by atoms with van der Waals surface area (Å²) in [7, 11) is 0. The number of ether oxygens (including phenoxy) is 1. The normalized spacial score (nSPS) is 17.4. The molecule has 5 heteroatoms. The van der Waals surface area contributed by atoms with Crippen LogP contribution in [0.4, 0.5) is 5.69 Å². The Morgan fingerprint density at radius 1 is 1.21 bits per heavy atom. The summed E-state index contributed by atoms with van der Waals surface area (Å²) < 4.78 is 5.24. The quantitative estimate of drug-likeness (QED) is 0.875. The standard InChI is InChI=1S/C14H20N2O2.ClH/c1-10-7-11(2)9-12(8-10)16-13(17)14(15)3-5-18-6-4-14;/h7-9H,3-6,15H2,1-2H3,(H,16,17);1H. The number of amides is 1. The summed E-state index contributed by atoms with van der Waals surface area (Å²) in [4.78, 5) is 12.2. The van der Waals surface area contributed by atoms with Crippen molar-refractivity contribution in [1.82, 2.24) is 0 Å². The molecule has 1 saturated heterocycles. The van der Waals surface area contributed by atoms with Crippen LogP contribution in [0.15, 0.2) is 18.2 Å². The summed E-state index contributed by atoms with van der Waals surface area (Å²) in [5.74, 6) is -0.115. The zero-order valence-corrected chi connectivity index (χ0v) is 12.2. The largest absolute Gasteiger partial charge is 0.381 e. The molecule has 1 aliphatic heterocycles. The highest BCUT2D eigenvalue weighted by molar-refractivity contribution is 5.98. The molecule has 1 aromatic carbocycles. The number of halogens is 1. The third-order valence-electron chi connectivity index (χ3n) is 3.32. The van der Waals surface area contributed by atoms with Gasteiger partial charge < -0.3 is 15.8 Å². The third-order valence-corrected chi connectivity index (χ3v) is 3.32. The van der Waals surface area contributed by atoms with E-state index in [0.717, 1.165) is 16.8 Å². The summed E-state index contributed by atoms with van der Waals surface area (Å²) in [6, 6.07) is 5.98. The van der Waals surface area contributed by atoms with Crippen LogP contribution in [-0.4, -0.2) is 24.7 Å². The Labute approximate surface area is 120 Å². The number of aryl methyl sites for hydroxylation is 2. The van der Waals surface area contributed by atoms with Crippen LogP contribution in [0.3, 0.4) is 0 Å². The molecule has 1 heterocycles. The van der Waals surface area contributed by atoms with Gasteiger partial charge in [0, 0.05) is 18.9 Å². The zero-order valence-electron chi connectivity index (χ0n) is 11.4. The van der Waals surface area contributed by atoms with E-state index >= 15 is 0 Å². The topological polar surface area (TPSA) is 64.4 Å². The van der Waals surface area contributed by atoms with E-state index in [1.807, 2.05) is 26.0 Å². The van der Waals surface area contributed by atoms with Crippen molar-refractivity contribution >= 4 is 24.0 Å². The zero-order chi connectivity index (χ0) is 13.2. The first-order valence-corrected chi connectivity index (χ1v) is 6.26. The van der Waals surface area contributed by atoms with E-state index < -0.39 is 5.54 Å². The van der Waals surface area contributed by atoms with Gasteiger partial charge in [-0.3, -0.25) is 4.79 Å². The van der Waals surface area contributed by atoms with E-state index in [1.54, 1.807) is 0 Å². The minimum atomic E-state index is -0.796. The molecule has 1 aromatic rings. The van der Waals surface area contributed by atoms with Crippen molar-refractivity contribution < 1.29 is 9.53 Å². The monoisotopic (exact) mass is 284 g/mol. The second-order valence-electron chi connectivity index (χ2n) is 5.10. The molecule has 4 nitrogen and oxygen atoms in total. The fraction of sp³-hybridized carbons (Fsp3) is 0.500. The maximum Gasteiger partial charge on any atom is 0.244 e. The van der Waals surface area contributed by atoms with Crippen molar-refractivity contribution in [2.75, 3.05) is 18.5 Å². The maximum atomic E-state index is 12.2. The summed E-state index contributed by atoms with van der Waals surface area (Å²) in [5, 5.41) is 2.91. The van der Waals surface area contributed by atoms with Gasteiger partial charge >= 0.3 is 0 Å². The lowest BCUT2D eigenvalue weighted by Gasteiger charge is -2.31. The van der Waals surface area contributed by atoms with E-state index in [4.69, 9.17) is 10.5 Å². The molecule has 3 N–H and O–H groups in total. The number of anilines is 1. The fourth-order valence-electron chi connectivity index (χ4n) is 2.27. The van der Waals surface area contributed by atoms with E-state index in [0.29, 0.717) is 26.1 Å². The van der Waals surface area contributed by atoms with E-state index in [1.165, 1.54) is 0 Å². The van der Waals surface area contributed by atoms with Crippen molar-refractivity contribution in [3.05, 3.63) is 29.3 Å². The van der Waals surface area contributed by atoms with Crippen LogP contribution in [0.25, 0.3) is 0 Å². The highest BCUT2D eigenvalue weighted by atomic mass is 35.5. The van der Waals surface area contributed by atoms with Crippen LogP contribution in [0, 0.1) is 13.8 Å². The van der Waals surface area contributed by atoms with Gasteiger partial charge in [0.15, 0.2) is 0 Å². The van der Waals surface area contributed by atoms with Gasteiger partial charge in [-0.05, 0) is 49.9 Å². The molecule has 0 aliphatic carbocycles.